The van der Waals surface area contributed by atoms with Gasteiger partial charge < -0.3 is 0 Å². The summed E-state index contributed by atoms with van der Waals surface area (Å²) in [5, 5.41) is 0. The van der Waals surface area contributed by atoms with Gasteiger partial charge in [-0.3, -0.25) is 4.79 Å². The van der Waals surface area contributed by atoms with E-state index in [0.717, 1.165) is 19.3 Å². The number of hydrogen-bond donors (Lipinski definition) is 0. The van der Waals surface area contributed by atoms with Gasteiger partial charge in [0.1, 0.15) is 5.78 Å². The molecular formula is C17H28O. The second kappa shape index (κ2) is 5.59. The van der Waals surface area contributed by atoms with Crippen molar-refractivity contribution in [3.8, 4) is 0 Å². The van der Waals surface area contributed by atoms with Crippen LogP contribution < -0.4 is 0 Å². The van der Waals surface area contributed by atoms with Crippen LogP contribution in [-0.2, 0) is 4.79 Å². The first-order valence-electron chi connectivity index (χ1n) is 7.81. The Morgan fingerprint density at radius 2 is 2.17 bits per heavy atom. The highest BCUT2D eigenvalue weighted by Gasteiger charge is 2.49. The lowest BCUT2D eigenvalue weighted by molar-refractivity contribution is -0.130. The first-order chi connectivity index (χ1) is 8.60. The number of Topliss-reactive ketones (excluding diaryl/α,β-unsaturated/α-hetero) is 1. The van der Waals surface area contributed by atoms with Gasteiger partial charge in [-0.05, 0) is 30.6 Å². The molecule has 1 fully saturated rings. The van der Waals surface area contributed by atoms with Crippen molar-refractivity contribution in [2.75, 3.05) is 0 Å². The minimum atomic E-state index is -0.0287. The highest BCUT2D eigenvalue weighted by atomic mass is 16.1. The largest absolute Gasteiger partial charge is 0.299 e. The van der Waals surface area contributed by atoms with Crippen molar-refractivity contribution < 1.29 is 4.79 Å². The molecule has 0 aromatic rings. The number of carbonyl (C=O) groups is 1. The Kier molecular flexibility index (Phi) is 4.29. The maximum absolute atomic E-state index is 12.7. The van der Waals surface area contributed by atoms with Crippen molar-refractivity contribution in [1.82, 2.24) is 0 Å². The quantitative estimate of drug-likeness (QED) is 0.593. The highest BCUT2D eigenvalue weighted by molar-refractivity contribution is 5.86. The molecule has 0 aliphatic heterocycles. The summed E-state index contributed by atoms with van der Waals surface area (Å²) in [7, 11) is 0. The van der Waals surface area contributed by atoms with E-state index in [1.807, 2.05) is 0 Å². The number of ketones is 1. The zero-order valence-corrected chi connectivity index (χ0v) is 12.2. The molecule has 0 spiro atoms. The Hall–Kier alpha value is -0.590. The predicted octanol–water partition coefficient (Wildman–Crippen LogP) is 4.76. The Balaban J connectivity index is 1.93. The summed E-state index contributed by atoms with van der Waals surface area (Å²) in [5.41, 5.74) is -0.0287. The van der Waals surface area contributed by atoms with Crippen LogP contribution >= 0.6 is 0 Å². The fourth-order valence-corrected chi connectivity index (χ4v) is 3.85. The van der Waals surface area contributed by atoms with Crippen LogP contribution in [0.5, 0.6) is 0 Å². The molecule has 2 rings (SSSR count). The molecule has 0 aromatic heterocycles. The number of carbonyl (C=O) groups excluding carboxylic acids is 1. The standard InChI is InChI=1S/C17H28O/c1-4-6-7-13(5-2)11-16(18)17(3)12-14-8-9-15(17)10-14/h8-9,13-15H,4-7,10-12H2,1-3H3. The first kappa shape index (κ1) is 13.8. The third kappa shape index (κ3) is 2.55. The predicted molar refractivity (Wildman–Crippen MR) is 76.4 cm³/mol. The van der Waals surface area contributed by atoms with E-state index in [-0.39, 0.29) is 5.41 Å². The fourth-order valence-electron chi connectivity index (χ4n) is 3.85. The van der Waals surface area contributed by atoms with E-state index in [9.17, 15) is 4.79 Å². The SMILES string of the molecule is CCCCC(CC)CC(=O)C1(C)CC2C=CC1C2. The molecule has 4 unspecified atom stereocenters. The molecule has 1 saturated carbocycles. The van der Waals surface area contributed by atoms with Gasteiger partial charge in [-0.25, -0.2) is 0 Å². The first-order valence-corrected chi connectivity index (χ1v) is 7.81. The summed E-state index contributed by atoms with van der Waals surface area (Å²) in [5.74, 6) is 2.40. The van der Waals surface area contributed by atoms with Gasteiger partial charge in [0.05, 0.1) is 0 Å². The van der Waals surface area contributed by atoms with Crippen molar-refractivity contribution in [2.45, 2.75) is 65.7 Å². The highest BCUT2D eigenvalue weighted by Crippen LogP contribution is 2.53. The molecule has 1 heteroatoms. The zero-order valence-electron chi connectivity index (χ0n) is 12.2. The molecule has 4 atom stereocenters. The summed E-state index contributed by atoms with van der Waals surface area (Å²) in [6, 6.07) is 0. The molecule has 0 amide bonds. The third-order valence-corrected chi connectivity index (χ3v) is 5.33. The molecule has 0 saturated heterocycles. The van der Waals surface area contributed by atoms with E-state index >= 15 is 0 Å². The Bertz CT molecular complexity index is 331. The zero-order chi connectivity index (χ0) is 13.2. The Labute approximate surface area is 112 Å². The average molecular weight is 248 g/mol. The molecule has 18 heavy (non-hydrogen) atoms. The molecule has 2 bridgehead atoms. The Morgan fingerprint density at radius 1 is 1.39 bits per heavy atom. The van der Waals surface area contributed by atoms with Crippen molar-refractivity contribution in [3.63, 3.8) is 0 Å². The van der Waals surface area contributed by atoms with Gasteiger partial charge in [0.2, 0.25) is 0 Å². The molecule has 0 heterocycles. The summed E-state index contributed by atoms with van der Waals surface area (Å²) < 4.78 is 0. The van der Waals surface area contributed by atoms with E-state index in [1.165, 1.54) is 25.7 Å². The van der Waals surface area contributed by atoms with Crippen LogP contribution in [0.3, 0.4) is 0 Å². The molecule has 1 nitrogen and oxygen atoms in total. The molecular weight excluding hydrogens is 220 g/mol. The molecule has 0 N–H and O–H groups in total. The minimum Gasteiger partial charge on any atom is -0.299 e. The lowest BCUT2D eigenvalue weighted by Gasteiger charge is -2.31. The molecule has 0 radical (unpaired) electrons. The molecule has 0 aromatic carbocycles. The number of hydrogen-bond acceptors (Lipinski definition) is 1. The van der Waals surface area contributed by atoms with Crippen molar-refractivity contribution in [1.29, 1.82) is 0 Å². The lowest BCUT2D eigenvalue weighted by Crippen LogP contribution is -2.33. The summed E-state index contributed by atoms with van der Waals surface area (Å²) in [6.07, 6.45) is 12.7. The normalized spacial score (nSPS) is 35.1. The van der Waals surface area contributed by atoms with Crippen molar-refractivity contribution in [2.24, 2.45) is 23.2 Å². The summed E-state index contributed by atoms with van der Waals surface area (Å²) in [4.78, 5) is 12.7. The number of rotatable bonds is 7. The minimum absolute atomic E-state index is 0.0287. The van der Waals surface area contributed by atoms with Gasteiger partial charge in [-0.1, -0.05) is 58.6 Å². The van der Waals surface area contributed by atoms with Gasteiger partial charge in [-0.2, -0.15) is 0 Å². The van der Waals surface area contributed by atoms with Gasteiger partial charge in [0.15, 0.2) is 0 Å². The molecule has 102 valence electrons. The fraction of sp³-hybridized carbons (Fsp3) is 0.824. The van der Waals surface area contributed by atoms with E-state index in [1.54, 1.807) is 0 Å². The van der Waals surface area contributed by atoms with Gasteiger partial charge in [-0.15, -0.1) is 0 Å². The van der Waals surface area contributed by atoms with Crippen LogP contribution in [0, 0.1) is 23.2 Å². The van der Waals surface area contributed by atoms with Gasteiger partial charge in [0.25, 0.3) is 0 Å². The lowest BCUT2D eigenvalue weighted by atomic mass is 9.71. The average Bonchev–Trinajstić information content (AvgIpc) is 2.94. The maximum atomic E-state index is 12.7. The van der Waals surface area contributed by atoms with E-state index in [4.69, 9.17) is 0 Å². The van der Waals surface area contributed by atoms with Crippen LogP contribution in [0.1, 0.15) is 65.7 Å². The monoisotopic (exact) mass is 248 g/mol. The maximum Gasteiger partial charge on any atom is 0.139 e. The topological polar surface area (TPSA) is 17.1 Å². The van der Waals surface area contributed by atoms with Crippen LogP contribution in [0.2, 0.25) is 0 Å². The Morgan fingerprint density at radius 3 is 2.67 bits per heavy atom. The number of fused-ring (bicyclic) bond motifs is 2. The van der Waals surface area contributed by atoms with E-state index in [2.05, 4.69) is 32.9 Å². The third-order valence-electron chi connectivity index (χ3n) is 5.33. The van der Waals surface area contributed by atoms with Crippen molar-refractivity contribution in [3.05, 3.63) is 12.2 Å². The van der Waals surface area contributed by atoms with Gasteiger partial charge >= 0.3 is 0 Å². The van der Waals surface area contributed by atoms with Crippen LogP contribution in [0.25, 0.3) is 0 Å². The summed E-state index contributed by atoms with van der Waals surface area (Å²) in [6.45, 7) is 6.68. The number of unbranched alkanes of at least 4 members (excludes halogenated alkanes) is 1. The van der Waals surface area contributed by atoms with Gasteiger partial charge in [0, 0.05) is 11.8 Å². The van der Waals surface area contributed by atoms with Crippen LogP contribution in [0.4, 0.5) is 0 Å². The number of allylic oxidation sites excluding steroid dienone is 2. The molecule has 2 aliphatic carbocycles. The van der Waals surface area contributed by atoms with Crippen LogP contribution in [-0.4, -0.2) is 5.78 Å². The van der Waals surface area contributed by atoms with E-state index in [0.29, 0.717) is 23.5 Å². The van der Waals surface area contributed by atoms with E-state index < -0.39 is 0 Å². The smallest absolute Gasteiger partial charge is 0.139 e. The van der Waals surface area contributed by atoms with Crippen LogP contribution in [0.15, 0.2) is 12.2 Å². The second-order valence-electron chi connectivity index (χ2n) is 6.65. The summed E-state index contributed by atoms with van der Waals surface area (Å²) >= 11 is 0. The molecule has 2 aliphatic rings. The second-order valence-corrected chi connectivity index (χ2v) is 6.65. The van der Waals surface area contributed by atoms with Crippen molar-refractivity contribution >= 4 is 5.78 Å².